The molecule has 110 valence electrons. The smallest absolute Gasteiger partial charge is 0.416 e. The van der Waals surface area contributed by atoms with E-state index in [0.717, 1.165) is 6.07 Å². The number of hydrogen-bond acceptors (Lipinski definition) is 3. The number of halogens is 3. The Morgan fingerprint density at radius 1 is 1.38 bits per heavy atom. The predicted octanol–water partition coefficient (Wildman–Crippen LogP) is 2.62. The number of benzene rings is 1. The van der Waals surface area contributed by atoms with Crippen LogP contribution in [0.3, 0.4) is 0 Å². The van der Waals surface area contributed by atoms with E-state index < -0.39 is 17.7 Å². The summed E-state index contributed by atoms with van der Waals surface area (Å²) >= 11 is 0. The Kier molecular flexibility index (Phi) is 3.54. The third-order valence-electron chi connectivity index (χ3n) is 2.93. The van der Waals surface area contributed by atoms with Crippen LogP contribution in [0.1, 0.15) is 26.4 Å². The molecule has 1 heterocycles. The third kappa shape index (κ3) is 2.64. The normalized spacial score (nSPS) is 11.4. The van der Waals surface area contributed by atoms with Gasteiger partial charge in [0.25, 0.3) is 0 Å². The van der Waals surface area contributed by atoms with Gasteiger partial charge in [-0.05, 0) is 18.2 Å². The van der Waals surface area contributed by atoms with Crippen molar-refractivity contribution in [1.82, 2.24) is 9.55 Å². The second-order valence-corrected chi connectivity index (χ2v) is 4.27. The van der Waals surface area contributed by atoms with Crippen LogP contribution in [0.25, 0.3) is 11.3 Å². The van der Waals surface area contributed by atoms with E-state index >= 15 is 0 Å². The number of nitrogens with zero attached hydrogens (tertiary/aromatic N) is 2. The Bertz CT molecular complexity index is 720. The first-order valence-electron chi connectivity index (χ1n) is 5.67. The number of rotatable bonds is 3. The van der Waals surface area contributed by atoms with Crippen LogP contribution in [0, 0.1) is 0 Å². The average Bonchev–Trinajstić information content (AvgIpc) is 2.77. The second-order valence-electron chi connectivity index (χ2n) is 4.27. The highest BCUT2D eigenvalue weighted by molar-refractivity contribution is 5.98. The van der Waals surface area contributed by atoms with Crippen LogP contribution in [0.5, 0.6) is 0 Å². The average molecular weight is 298 g/mol. The summed E-state index contributed by atoms with van der Waals surface area (Å²) in [6.45, 7) is 0. The molecule has 5 nitrogen and oxygen atoms in total. The molecule has 0 atom stereocenters. The van der Waals surface area contributed by atoms with Crippen molar-refractivity contribution in [3.05, 3.63) is 41.3 Å². The molecule has 8 heteroatoms. The van der Waals surface area contributed by atoms with E-state index in [-0.39, 0.29) is 22.5 Å². The maximum Gasteiger partial charge on any atom is 0.416 e. The molecule has 0 aliphatic carbocycles. The summed E-state index contributed by atoms with van der Waals surface area (Å²) in [6, 6.07) is 2.21. The Hall–Kier alpha value is -2.64. The van der Waals surface area contributed by atoms with E-state index in [4.69, 9.17) is 5.11 Å². The summed E-state index contributed by atoms with van der Waals surface area (Å²) in [5.74, 6) is -1.40. The largest absolute Gasteiger partial charge is 0.478 e. The van der Waals surface area contributed by atoms with Crippen molar-refractivity contribution in [3.8, 4) is 11.3 Å². The van der Waals surface area contributed by atoms with Crippen LogP contribution < -0.4 is 0 Å². The van der Waals surface area contributed by atoms with E-state index in [0.29, 0.717) is 18.4 Å². The van der Waals surface area contributed by atoms with Crippen molar-refractivity contribution >= 4 is 12.3 Å². The molecule has 0 aliphatic heterocycles. The lowest BCUT2D eigenvalue weighted by Crippen LogP contribution is -2.08. The van der Waals surface area contributed by atoms with E-state index in [1.165, 1.54) is 17.9 Å². The van der Waals surface area contributed by atoms with Crippen molar-refractivity contribution in [2.75, 3.05) is 0 Å². The molecule has 1 aromatic carbocycles. The molecule has 0 aliphatic rings. The van der Waals surface area contributed by atoms with E-state index in [1.54, 1.807) is 0 Å². The summed E-state index contributed by atoms with van der Waals surface area (Å²) in [7, 11) is 1.48. The number of hydrogen-bond donors (Lipinski definition) is 1. The molecule has 2 aromatic rings. The standard InChI is InChI=1S/C13H9F3N2O3/c1-18-6-17-11(10(18)5-19)9-4-7(13(14,15)16)2-3-8(9)12(20)21/h2-6H,1H3,(H,20,21). The van der Waals surface area contributed by atoms with Crippen LogP contribution in [0.15, 0.2) is 24.5 Å². The van der Waals surface area contributed by atoms with Gasteiger partial charge in [0, 0.05) is 12.6 Å². The fourth-order valence-electron chi connectivity index (χ4n) is 1.89. The SMILES string of the molecule is Cn1cnc(-c2cc(C(F)(F)F)ccc2C(=O)O)c1C=O. The number of aromatic carboxylic acids is 1. The number of imidazole rings is 1. The Morgan fingerprint density at radius 3 is 2.57 bits per heavy atom. The summed E-state index contributed by atoms with van der Waals surface area (Å²) < 4.78 is 39.6. The summed E-state index contributed by atoms with van der Waals surface area (Å²) in [5.41, 5.74) is -1.72. The molecule has 0 unspecified atom stereocenters. The highest BCUT2D eigenvalue weighted by atomic mass is 19.4. The van der Waals surface area contributed by atoms with Gasteiger partial charge in [-0.25, -0.2) is 9.78 Å². The lowest BCUT2D eigenvalue weighted by Gasteiger charge is -2.11. The molecule has 0 saturated carbocycles. The zero-order chi connectivity index (χ0) is 15.8. The number of aryl methyl sites for hydroxylation is 1. The molecular formula is C13H9F3N2O3. The lowest BCUT2D eigenvalue weighted by atomic mass is 10.00. The number of alkyl halides is 3. The van der Waals surface area contributed by atoms with Gasteiger partial charge in [-0.3, -0.25) is 4.79 Å². The number of carboxylic acid groups (broad SMARTS) is 1. The number of aromatic nitrogens is 2. The molecule has 0 spiro atoms. The first-order chi connectivity index (χ1) is 9.75. The van der Waals surface area contributed by atoms with Gasteiger partial charge >= 0.3 is 12.1 Å². The summed E-state index contributed by atoms with van der Waals surface area (Å²) in [4.78, 5) is 26.0. The van der Waals surface area contributed by atoms with Gasteiger partial charge in [0.1, 0.15) is 5.69 Å². The molecule has 0 bridgehead atoms. The van der Waals surface area contributed by atoms with Crippen molar-refractivity contribution < 1.29 is 27.9 Å². The van der Waals surface area contributed by atoms with Gasteiger partial charge in [0.15, 0.2) is 6.29 Å². The molecule has 1 N–H and O–H groups in total. The summed E-state index contributed by atoms with van der Waals surface area (Å²) in [6.07, 6.45) is -2.99. The van der Waals surface area contributed by atoms with Crippen molar-refractivity contribution in [3.63, 3.8) is 0 Å². The highest BCUT2D eigenvalue weighted by Gasteiger charge is 2.32. The highest BCUT2D eigenvalue weighted by Crippen LogP contribution is 2.34. The van der Waals surface area contributed by atoms with Gasteiger partial charge in [0.05, 0.1) is 23.1 Å². The van der Waals surface area contributed by atoms with Crippen LogP contribution in [-0.2, 0) is 13.2 Å². The number of aldehydes is 1. The molecule has 1 aromatic heterocycles. The minimum atomic E-state index is -4.62. The van der Waals surface area contributed by atoms with Gasteiger partial charge in [-0.1, -0.05) is 0 Å². The summed E-state index contributed by atoms with van der Waals surface area (Å²) in [5, 5.41) is 9.09. The lowest BCUT2D eigenvalue weighted by molar-refractivity contribution is -0.137. The first-order valence-corrected chi connectivity index (χ1v) is 5.67. The topological polar surface area (TPSA) is 72.2 Å². The van der Waals surface area contributed by atoms with Gasteiger partial charge in [0.2, 0.25) is 0 Å². The van der Waals surface area contributed by atoms with Gasteiger partial charge in [-0.15, -0.1) is 0 Å². The number of carbonyl (C=O) groups excluding carboxylic acids is 1. The Balaban J connectivity index is 2.75. The van der Waals surface area contributed by atoms with Gasteiger partial charge < -0.3 is 9.67 Å². The zero-order valence-corrected chi connectivity index (χ0v) is 10.7. The van der Waals surface area contributed by atoms with E-state index in [1.807, 2.05) is 0 Å². The minimum Gasteiger partial charge on any atom is -0.478 e. The minimum absolute atomic E-state index is 0.00294. The van der Waals surface area contributed by atoms with Crippen molar-refractivity contribution in [2.24, 2.45) is 7.05 Å². The second kappa shape index (κ2) is 5.04. The molecule has 0 amide bonds. The first kappa shape index (κ1) is 14.8. The maximum atomic E-state index is 12.8. The number of carboxylic acids is 1. The van der Waals surface area contributed by atoms with Crippen LogP contribution in [0.2, 0.25) is 0 Å². The number of carbonyl (C=O) groups is 2. The van der Waals surface area contributed by atoms with Crippen LogP contribution >= 0.6 is 0 Å². The maximum absolute atomic E-state index is 12.8. The quantitative estimate of drug-likeness (QED) is 0.884. The molecule has 2 rings (SSSR count). The molecule has 0 fully saturated rings. The fourth-order valence-corrected chi connectivity index (χ4v) is 1.89. The monoisotopic (exact) mass is 298 g/mol. The molecule has 21 heavy (non-hydrogen) atoms. The van der Waals surface area contributed by atoms with E-state index in [2.05, 4.69) is 4.98 Å². The predicted molar refractivity (Wildman–Crippen MR) is 66.0 cm³/mol. The Labute approximate surface area is 116 Å². The zero-order valence-electron chi connectivity index (χ0n) is 10.7. The van der Waals surface area contributed by atoms with Gasteiger partial charge in [-0.2, -0.15) is 13.2 Å². The molecule has 0 saturated heterocycles. The fraction of sp³-hybridized carbons (Fsp3) is 0.154. The Morgan fingerprint density at radius 2 is 2.05 bits per heavy atom. The third-order valence-corrected chi connectivity index (χ3v) is 2.93. The van der Waals surface area contributed by atoms with Crippen molar-refractivity contribution in [2.45, 2.75) is 6.18 Å². The molecular weight excluding hydrogens is 289 g/mol. The van der Waals surface area contributed by atoms with Crippen molar-refractivity contribution in [1.29, 1.82) is 0 Å². The molecule has 0 radical (unpaired) electrons. The van der Waals surface area contributed by atoms with Crippen LogP contribution in [0.4, 0.5) is 13.2 Å². The van der Waals surface area contributed by atoms with E-state index in [9.17, 15) is 22.8 Å². The van der Waals surface area contributed by atoms with Crippen LogP contribution in [-0.4, -0.2) is 26.9 Å².